The molecule has 0 radical (unpaired) electrons. The van der Waals surface area contributed by atoms with Crippen LogP contribution in [0.5, 0.6) is 0 Å². The standard InChI is InChI=1S/C21H30O14/c1-9(22)30-14-7-29-21(19(34-13(5)26)16(14)31-10(2)23)35-15-8-28-20(27-6)18(33-12(4)25)17(15)32-11(3)24/h14-21H,7-8H2,1-6H3. The van der Waals surface area contributed by atoms with Crippen molar-refractivity contribution in [2.45, 2.75) is 83.8 Å². The topological polar surface area (TPSA) is 168 Å². The lowest BCUT2D eigenvalue weighted by Gasteiger charge is -2.44. The number of carbonyl (C=O) groups is 5. The van der Waals surface area contributed by atoms with E-state index in [-0.39, 0.29) is 13.2 Å². The zero-order valence-electron chi connectivity index (χ0n) is 20.2. The summed E-state index contributed by atoms with van der Waals surface area (Å²) in [5.41, 5.74) is 0. The van der Waals surface area contributed by atoms with E-state index in [4.69, 9.17) is 42.6 Å². The molecule has 2 aliphatic heterocycles. The van der Waals surface area contributed by atoms with Crippen molar-refractivity contribution in [1.82, 2.24) is 0 Å². The summed E-state index contributed by atoms with van der Waals surface area (Å²) in [6, 6.07) is 0. The monoisotopic (exact) mass is 506 g/mol. The molecule has 198 valence electrons. The summed E-state index contributed by atoms with van der Waals surface area (Å²) < 4.78 is 48.7. The van der Waals surface area contributed by atoms with E-state index in [1.165, 1.54) is 7.11 Å². The van der Waals surface area contributed by atoms with Crippen molar-refractivity contribution in [3.05, 3.63) is 0 Å². The Morgan fingerprint density at radius 3 is 1.37 bits per heavy atom. The van der Waals surface area contributed by atoms with Gasteiger partial charge in [0.15, 0.2) is 43.1 Å². The molecule has 8 unspecified atom stereocenters. The van der Waals surface area contributed by atoms with Gasteiger partial charge in [0.25, 0.3) is 0 Å². The molecule has 2 saturated heterocycles. The van der Waals surface area contributed by atoms with E-state index in [2.05, 4.69) is 0 Å². The molecular weight excluding hydrogens is 476 g/mol. The lowest BCUT2D eigenvalue weighted by Crippen LogP contribution is -2.62. The molecule has 0 aromatic heterocycles. The maximum Gasteiger partial charge on any atom is 0.303 e. The maximum atomic E-state index is 11.8. The average molecular weight is 506 g/mol. The molecule has 2 fully saturated rings. The molecule has 0 bridgehead atoms. The van der Waals surface area contributed by atoms with Crippen molar-refractivity contribution in [3.8, 4) is 0 Å². The molecule has 0 aromatic rings. The second kappa shape index (κ2) is 12.8. The van der Waals surface area contributed by atoms with Gasteiger partial charge in [0.1, 0.15) is 6.10 Å². The Labute approximate surface area is 201 Å². The first-order chi connectivity index (χ1) is 16.4. The Balaban J connectivity index is 2.35. The van der Waals surface area contributed by atoms with Crippen molar-refractivity contribution < 1.29 is 66.6 Å². The fourth-order valence-corrected chi connectivity index (χ4v) is 3.71. The van der Waals surface area contributed by atoms with E-state index >= 15 is 0 Å². The molecule has 2 heterocycles. The predicted octanol–water partition coefficient (Wildman–Crippen LogP) is -0.611. The van der Waals surface area contributed by atoms with Crippen molar-refractivity contribution in [1.29, 1.82) is 0 Å². The van der Waals surface area contributed by atoms with Crippen LogP contribution in [-0.4, -0.2) is 99.4 Å². The van der Waals surface area contributed by atoms with E-state index in [0.717, 1.165) is 34.6 Å². The fraction of sp³-hybridized carbons (Fsp3) is 0.762. The van der Waals surface area contributed by atoms with Crippen molar-refractivity contribution in [2.24, 2.45) is 0 Å². The Bertz CT molecular complexity index is 797. The molecule has 35 heavy (non-hydrogen) atoms. The van der Waals surface area contributed by atoms with Crippen LogP contribution in [0.15, 0.2) is 0 Å². The van der Waals surface area contributed by atoms with Crippen LogP contribution >= 0.6 is 0 Å². The number of hydrogen-bond donors (Lipinski definition) is 0. The van der Waals surface area contributed by atoms with Gasteiger partial charge in [0.2, 0.25) is 0 Å². The normalized spacial score (nSPS) is 32.6. The van der Waals surface area contributed by atoms with Gasteiger partial charge < -0.3 is 42.6 Å². The number of ether oxygens (including phenoxy) is 9. The minimum atomic E-state index is -1.38. The summed E-state index contributed by atoms with van der Waals surface area (Å²) in [6.45, 7) is 5.22. The minimum Gasteiger partial charge on any atom is -0.456 e. The van der Waals surface area contributed by atoms with Gasteiger partial charge in [-0.1, -0.05) is 0 Å². The molecule has 0 aliphatic carbocycles. The lowest BCUT2D eigenvalue weighted by atomic mass is 10.0. The van der Waals surface area contributed by atoms with E-state index in [0.29, 0.717) is 0 Å². The van der Waals surface area contributed by atoms with Crippen LogP contribution in [-0.2, 0) is 66.6 Å². The van der Waals surface area contributed by atoms with Crippen LogP contribution in [0.2, 0.25) is 0 Å². The Morgan fingerprint density at radius 1 is 0.543 bits per heavy atom. The van der Waals surface area contributed by atoms with E-state index in [9.17, 15) is 24.0 Å². The number of esters is 5. The van der Waals surface area contributed by atoms with E-state index < -0.39 is 79.1 Å². The van der Waals surface area contributed by atoms with Crippen LogP contribution < -0.4 is 0 Å². The van der Waals surface area contributed by atoms with Gasteiger partial charge in [-0.3, -0.25) is 24.0 Å². The molecule has 14 heteroatoms. The molecule has 0 amide bonds. The summed E-state index contributed by atoms with van der Waals surface area (Å²) in [5, 5.41) is 0. The second-order valence-electron chi connectivity index (χ2n) is 7.76. The van der Waals surface area contributed by atoms with Crippen LogP contribution in [0, 0.1) is 0 Å². The fourth-order valence-electron chi connectivity index (χ4n) is 3.71. The van der Waals surface area contributed by atoms with Gasteiger partial charge in [-0.15, -0.1) is 0 Å². The van der Waals surface area contributed by atoms with Gasteiger partial charge in [-0.2, -0.15) is 0 Å². The highest BCUT2D eigenvalue weighted by atomic mass is 16.8. The SMILES string of the molecule is COC1OCC(OC2OCC(OC(C)=O)C(OC(C)=O)C2OC(C)=O)C(OC(C)=O)C1OC(C)=O. The third kappa shape index (κ3) is 8.13. The zero-order chi connectivity index (χ0) is 26.3. The van der Waals surface area contributed by atoms with Gasteiger partial charge in [0.05, 0.1) is 13.2 Å². The lowest BCUT2D eigenvalue weighted by molar-refractivity contribution is -0.329. The van der Waals surface area contributed by atoms with Crippen LogP contribution in [0.1, 0.15) is 34.6 Å². The van der Waals surface area contributed by atoms with E-state index in [1.54, 1.807) is 0 Å². The predicted molar refractivity (Wildman–Crippen MR) is 109 cm³/mol. The second-order valence-corrected chi connectivity index (χ2v) is 7.76. The quantitative estimate of drug-likeness (QED) is 0.302. The summed E-state index contributed by atoms with van der Waals surface area (Å²) >= 11 is 0. The summed E-state index contributed by atoms with van der Waals surface area (Å²) in [7, 11) is 1.31. The van der Waals surface area contributed by atoms with Crippen molar-refractivity contribution in [2.75, 3.05) is 20.3 Å². The Kier molecular flexibility index (Phi) is 10.4. The average Bonchev–Trinajstić information content (AvgIpc) is 2.72. The number of methoxy groups -OCH3 is 1. The Hall–Kier alpha value is -2.81. The smallest absolute Gasteiger partial charge is 0.303 e. The minimum absolute atomic E-state index is 0.202. The number of hydrogen-bond acceptors (Lipinski definition) is 14. The van der Waals surface area contributed by atoms with Crippen molar-refractivity contribution >= 4 is 29.8 Å². The highest BCUT2D eigenvalue weighted by Gasteiger charge is 2.52. The van der Waals surface area contributed by atoms with Crippen LogP contribution in [0.4, 0.5) is 0 Å². The zero-order valence-corrected chi connectivity index (χ0v) is 20.2. The molecular formula is C21H30O14. The van der Waals surface area contributed by atoms with Gasteiger partial charge in [0, 0.05) is 41.7 Å². The van der Waals surface area contributed by atoms with Crippen molar-refractivity contribution in [3.63, 3.8) is 0 Å². The molecule has 0 spiro atoms. The summed E-state index contributed by atoms with van der Waals surface area (Å²) in [5.74, 6) is -3.57. The maximum absolute atomic E-state index is 11.8. The summed E-state index contributed by atoms with van der Waals surface area (Å²) in [4.78, 5) is 58.5. The molecule has 0 aromatic carbocycles. The third-order valence-corrected chi connectivity index (χ3v) is 4.83. The van der Waals surface area contributed by atoms with Gasteiger partial charge in [-0.25, -0.2) is 0 Å². The number of rotatable bonds is 8. The first kappa shape index (κ1) is 28.4. The van der Waals surface area contributed by atoms with Crippen LogP contribution in [0.3, 0.4) is 0 Å². The summed E-state index contributed by atoms with van der Waals surface area (Å²) in [6.07, 6.45) is -9.68. The molecule has 8 atom stereocenters. The first-order valence-corrected chi connectivity index (χ1v) is 10.7. The highest BCUT2D eigenvalue weighted by molar-refractivity contribution is 5.68. The largest absolute Gasteiger partial charge is 0.456 e. The molecule has 14 nitrogen and oxygen atoms in total. The van der Waals surface area contributed by atoms with E-state index in [1.807, 2.05) is 0 Å². The Morgan fingerprint density at radius 2 is 0.914 bits per heavy atom. The molecule has 2 rings (SSSR count). The third-order valence-electron chi connectivity index (χ3n) is 4.83. The molecule has 0 N–H and O–H groups in total. The molecule has 2 aliphatic rings. The van der Waals surface area contributed by atoms with Crippen LogP contribution in [0.25, 0.3) is 0 Å². The number of carbonyl (C=O) groups excluding carboxylic acids is 5. The molecule has 0 saturated carbocycles. The highest BCUT2D eigenvalue weighted by Crippen LogP contribution is 2.30. The van der Waals surface area contributed by atoms with Gasteiger partial charge in [-0.05, 0) is 0 Å². The first-order valence-electron chi connectivity index (χ1n) is 10.7. The van der Waals surface area contributed by atoms with Gasteiger partial charge >= 0.3 is 29.8 Å².